The van der Waals surface area contributed by atoms with Crippen molar-refractivity contribution in [3.8, 4) is 0 Å². The molecule has 4 rings (SSSR count). The van der Waals surface area contributed by atoms with Crippen molar-refractivity contribution in [1.29, 1.82) is 0 Å². The first-order valence-corrected chi connectivity index (χ1v) is 11.0. The zero-order valence-electron chi connectivity index (χ0n) is 16.4. The van der Waals surface area contributed by atoms with Crippen LogP contribution in [0.1, 0.15) is 34.9 Å². The number of fused-ring (bicyclic) bond motifs is 1. The molecule has 28 heavy (non-hydrogen) atoms. The molecule has 4 nitrogen and oxygen atoms in total. The fourth-order valence-corrected chi connectivity index (χ4v) is 5.17. The topological polar surface area (TPSA) is 46.4 Å². The van der Waals surface area contributed by atoms with Crippen molar-refractivity contribution in [3.63, 3.8) is 0 Å². The highest BCUT2D eigenvalue weighted by Gasteiger charge is 2.26. The van der Waals surface area contributed by atoms with Gasteiger partial charge in [0.1, 0.15) is 0 Å². The second-order valence-electron chi connectivity index (χ2n) is 7.75. The Morgan fingerprint density at radius 3 is 2.68 bits per heavy atom. The van der Waals surface area contributed by atoms with Gasteiger partial charge in [-0.15, -0.1) is 11.3 Å². The van der Waals surface area contributed by atoms with Crippen LogP contribution in [0.4, 0.5) is 0 Å². The molecule has 0 unspecified atom stereocenters. The molecule has 1 fully saturated rings. The molecule has 0 bridgehead atoms. The highest BCUT2D eigenvalue weighted by Crippen LogP contribution is 2.31. The van der Waals surface area contributed by atoms with Crippen LogP contribution in [0.5, 0.6) is 0 Å². The highest BCUT2D eigenvalue weighted by molar-refractivity contribution is 7.18. The number of piperidine rings is 1. The summed E-state index contributed by atoms with van der Waals surface area (Å²) in [6.45, 7) is 5.51. The summed E-state index contributed by atoms with van der Waals surface area (Å²) < 4.78 is 1.28. The lowest BCUT2D eigenvalue weighted by Crippen LogP contribution is -3.14. The maximum absolute atomic E-state index is 12.3. The molecule has 2 heterocycles. The summed E-state index contributed by atoms with van der Waals surface area (Å²) in [7, 11) is 0. The Morgan fingerprint density at radius 2 is 1.89 bits per heavy atom. The van der Waals surface area contributed by atoms with Gasteiger partial charge in [0.05, 0.1) is 28.3 Å². The van der Waals surface area contributed by atoms with Crippen molar-refractivity contribution in [1.82, 2.24) is 10.3 Å². The van der Waals surface area contributed by atoms with Crippen LogP contribution in [0.3, 0.4) is 0 Å². The molecule has 0 atom stereocenters. The number of quaternary nitrogens is 1. The number of hydrogen-bond donors (Lipinski definition) is 2. The molecular weight excluding hydrogens is 366 g/mol. The van der Waals surface area contributed by atoms with Gasteiger partial charge in [0.25, 0.3) is 5.91 Å². The molecule has 5 heteroatoms. The number of aryl methyl sites for hydroxylation is 1. The molecule has 3 aromatic rings. The first kappa shape index (κ1) is 19.1. The number of amides is 1. The van der Waals surface area contributed by atoms with Crippen LogP contribution in [-0.2, 0) is 11.2 Å². The van der Waals surface area contributed by atoms with Gasteiger partial charge in [-0.3, -0.25) is 4.79 Å². The van der Waals surface area contributed by atoms with Gasteiger partial charge in [-0.1, -0.05) is 36.4 Å². The van der Waals surface area contributed by atoms with E-state index < -0.39 is 0 Å². The largest absolute Gasteiger partial charge is 0.351 e. The van der Waals surface area contributed by atoms with Crippen LogP contribution >= 0.6 is 11.3 Å². The third kappa shape index (κ3) is 4.59. The molecule has 146 valence electrons. The van der Waals surface area contributed by atoms with E-state index in [2.05, 4.69) is 60.8 Å². The average molecular weight is 395 g/mol. The Balaban J connectivity index is 1.21. The zero-order chi connectivity index (χ0) is 19.3. The van der Waals surface area contributed by atoms with E-state index in [4.69, 9.17) is 4.98 Å². The molecule has 1 aliphatic rings. The van der Waals surface area contributed by atoms with Crippen LogP contribution in [0, 0.1) is 6.92 Å². The fraction of sp³-hybridized carbons (Fsp3) is 0.391. The van der Waals surface area contributed by atoms with E-state index in [9.17, 15) is 4.79 Å². The number of likely N-dealkylation sites (tertiary alicyclic amines) is 1. The maximum Gasteiger partial charge on any atom is 0.275 e. The standard InChI is InChI=1S/C23H27N3OS/c1-17-6-2-3-7-18(17)10-13-24-22(27)16-26-14-11-19(12-15-26)23-25-20-8-4-5-9-21(20)28-23/h2-9,19H,10-16H2,1H3,(H,24,27)/p+1. The molecule has 0 saturated carbocycles. The number of carbonyl (C=O) groups excluding carboxylic acids is 1. The maximum atomic E-state index is 12.3. The summed E-state index contributed by atoms with van der Waals surface area (Å²) in [6, 6.07) is 16.7. The summed E-state index contributed by atoms with van der Waals surface area (Å²) in [5.41, 5.74) is 3.72. The van der Waals surface area contributed by atoms with Crippen molar-refractivity contribution >= 4 is 27.5 Å². The van der Waals surface area contributed by atoms with Crippen LogP contribution in [0.15, 0.2) is 48.5 Å². The Labute approximate surface area is 170 Å². The molecule has 1 saturated heterocycles. The lowest BCUT2D eigenvalue weighted by Gasteiger charge is -2.27. The molecule has 0 radical (unpaired) electrons. The van der Waals surface area contributed by atoms with Crippen LogP contribution in [0.25, 0.3) is 10.2 Å². The van der Waals surface area contributed by atoms with E-state index in [0.717, 1.165) is 37.9 Å². The van der Waals surface area contributed by atoms with Crippen LogP contribution in [-0.4, -0.2) is 37.1 Å². The quantitative estimate of drug-likeness (QED) is 0.675. The molecule has 1 amide bonds. The first-order chi connectivity index (χ1) is 13.7. The summed E-state index contributed by atoms with van der Waals surface area (Å²) in [5.74, 6) is 0.715. The summed E-state index contributed by atoms with van der Waals surface area (Å²) >= 11 is 1.83. The van der Waals surface area contributed by atoms with Crippen molar-refractivity contribution < 1.29 is 9.69 Å². The number of thiazole rings is 1. The number of rotatable bonds is 6. The van der Waals surface area contributed by atoms with E-state index in [1.165, 1.54) is 25.7 Å². The lowest BCUT2D eigenvalue weighted by atomic mass is 9.97. The van der Waals surface area contributed by atoms with E-state index in [0.29, 0.717) is 19.0 Å². The number of nitrogens with zero attached hydrogens (tertiary/aromatic N) is 1. The van der Waals surface area contributed by atoms with Gasteiger partial charge in [0.15, 0.2) is 6.54 Å². The Morgan fingerprint density at radius 1 is 1.14 bits per heavy atom. The van der Waals surface area contributed by atoms with Gasteiger partial charge >= 0.3 is 0 Å². The molecule has 2 N–H and O–H groups in total. The predicted octanol–water partition coefficient (Wildman–Crippen LogP) is 2.73. The lowest BCUT2D eigenvalue weighted by molar-refractivity contribution is -0.897. The van der Waals surface area contributed by atoms with Gasteiger partial charge in [-0.25, -0.2) is 4.98 Å². The number of hydrogen-bond acceptors (Lipinski definition) is 3. The number of benzene rings is 2. The van der Waals surface area contributed by atoms with E-state index >= 15 is 0 Å². The fourth-order valence-electron chi connectivity index (χ4n) is 4.03. The second kappa shape index (κ2) is 8.84. The Bertz CT molecular complexity index is 911. The third-order valence-corrected chi connectivity index (χ3v) is 6.94. The minimum Gasteiger partial charge on any atom is -0.351 e. The summed E-state index contributed by atoms with van der Waals surface area (Å²) in [6.07, 6.45) is 3.13. The number of para-hydroxylation sites is 1. The smallest absolute Gasteiger partial charge is 0.275 e. The number of aromatic nitrogens is 1. The first-order valence-electron chi connectivity index (χ1n) is 10.2. The van der Waals surface area contributed by atoms with E-state index in [1.54, 1.807) is 0 Å². The van der Waals surface area contributed by atoms with Gasteiger partial charge < -0.3 is 10.2 Å². The van der Waals surface area contributed by atoms with E-state index in [-0.39, 0.29) is 5.91 Å². The summed E-state index contributed by atoms with van der Waals surface area (Å²) in [4.78, 5) is 18.5. The van der Waals surface area contributed by atoms with Crippen molar-refractivity contribution in [2.24, 2.45) is 0 Å². The van der Waals surface area contributed by atoms with Crippen LogP contribution < -0.4 is 10.2 Å². The predicted molar refractivity (Wildman–Crippen MR) is 115 cm³/mol. The monoisotopic (exact) mass is 394 g/mol. The molecule has 0 aliphatic carbocycles. The highest BCUT2D eigenvalue weighted by atomic mass is 32.1. The van der Waals surface area contributed by atoms with Gasteiger partial charge in [-0.05, 0) is 36.6 Å². The second-order valence-corrected chi connectivity index (χ2v) is 8.81. The SMILES string of the molecule is Cc1ccccc1CCNC(=O)C[NH+]1CCC(c2nc3ccccc3s2)CC1. The summed E-state index contributed by atoms with van der Waals surface area (Å²) in [5, 5.41) is 4.36. The molecule has 0 spiro atoms. The zero-order valence-corrected chi connectivity index (χ0v) is 17.2. The Kier molecular flexibility index (Phi) is 6.03. The minimum atomic E-state index is 0.169. The van der Waals surface area contributed by atoms with Crippen molar-refractivity contribution in [2.45, 2.75) is 32.1 Å². The number of nitrogens with one attached hydrogen (secondary N) is 2. The number of carbonyl (C=O) groups is 1. The van der Waals surface area contributed by atoms with Gasteiger partial charge in [0, 0.05) is 25.3 Å². The molecule has 1 aliphatic heterocycles. The minimum absolute atomic E-state index is 0.169. The normalized spacial score (nSPS) is 19.6. The van der Waals surface area contributed by atoms with Gasteiger partial charge in [0.2, 0.25) is 0 Å². The third-order valence-electron chi connectivity index (χ3n) is 5.74. The Hall–Kier alpha value is -2.24. The molecule has 1 aromatic heterocycles. The van der Waals surface area contributed by atoms with Gasteiger partial charge in [-0.2, -0.15) is 0 Å². The van der Waals surface area contributed by atoms with E-state index in [1.807, 2.05) is 11.3 Å². The molecular formula is C23H28N3OS+. The van der Waals surface area contributed by atoms with Crippen molar-refractivity contribution in [3.05, 3.63) is 64.7 Å². The molecule has 2 aromatic carbocycles. The average Bonchev–Trinajstić information content (AvgIpc) is 3.14. The van der Waals surface area contributed by atoms with Crippen molar-refractivity contribution in [2.75, 3.05) is 26.2 Å². The van der Waals surface area contributed by atoms with Crippen LogP contribution in [0.2, 0.25) is 0 Å².